The Morgan fingerprint density at radius 2 is 1.96 bits per heavy atom. The molecule has 0 radical (unpaired) electrons. The minimum Gasteiger partial charge on any atom is -0.349 e. The summed E-state index contributed by atoms with van der Waals surface area (Å²) in [7, 11) is 0. The molecule has 0 aromatic carbocycles. The molecule has 1 aliphatic heterocycles. The number of nitrogens with zero attached hydrogens (tertiary/aromatic N) is 5. The molecule has 0 bridgehead atoms. The Morgan fingerprint density at radius 1 is 1.16 bits per heavy atom. The van der Waals surface area contributed by atoms with Gasteiger partial charge in [-0.15, -0.1) is 10.2 Å². The first-order valence-corrected chi connectivity index (χ1v) is 8.87. The number of likely N-dealkylation sites (tertiary alicyclic amines) is 1. The van der Waals surface area contributed by atoms with Crippen LogP contribution in [0, 0.1) is 13.8 Å². The molecule has 1 saturated heterocycles. The number of hydrogen-bond donors (Lipinski definition) is 0. The van der Waals surface area contributed by atoms with Crippen LogP contribution in [-0.2, 0) is 11.3 Å². The van der Waals surface area contributed by atoms with Crippen LogP contribution in [0.1, 0.15) is 42.5 Å². The van der Waals surface area contributed by atoms with Crippen LogP contribution in [0.5, 0.6) is 0 Å². The third-order valence-electron chi connectivity index (χ3n) is 5.18. The van der Waals surface area contributed by atoms with Crippen molar-refractivity contribution in [3.05, 3.63) is 53.7 Å². The van der Waals surface area contributed by atoms with Crippen molar-refractivity contribution >= 4 is 11.6 Å². The summed E-state index contributed by atoms with van der Waals surface area (Å²) in [5.41, 5.74) is 3.23. The van der Waals surface area contributed by atoms with Crippen LogP contribution in [0.4, 0.5) is 0 Å². The molecule has 130 valence electrons. The van der Waals surface area contributed by atoms with Gasteiger partial charge < -0.3 is 9.47 Å². The number of fused-ring (bicyclic) bond motifs is 1. The predicted molar refractivity (Wildman–Crippen MR) is 95.2 cm³/mol. The van der Waals surface area contributed by atoms with Crippen molar-refractivity contribution < 1.29 is 4.79 Å². The van der Waals surface area contributed by atoms with E-state index in [0.717, 1.165) is 37.4 Å². The molecule has 1 fully saturated rings. The van der Waals surface area contributed by atoms with E-state index in [4.69, 9.17) is 0 Å². The van der Waals surface area contributed by atoms with Gasteiger partial charge in [0.2, 0.25) is 5.91 Å². The monoisotopic (exact) mass is 337 g/mol. The summed E-state index contributed by atoms with van der Waals surface area (Å²) in [6.45, 7) is 5.69. The second kappa shape index (κ2) is 6.35. The van der Waals surface area contributed by atoms with E-state index in [2.05, 4.69) is 40.7 Å². The molecule has 6 nitrogen and oxygen atoms in total. The van der Waals surface area contributed by atoms with E-state index in [-0.39, 0.29) is 11.9 Å². The molecule has 1 amide bonds. The number of aryl methyl sites for hydroxylation is 2. The molecule has 3 aromatic heterocycles. The van der Waals surface area contributed by atoms with E-state index < -0.39 is 0 Å². The Bertz CT molecular complexity index is 890. The van der Waals surface area contributed by atoms with E-state index >= 15 is 0 Å². The van der Waals surface area contributed by atoms with Gasteiger partial charge in [-0.2, -0.15) is 0 Å². The third kappa shape index (κ3) is 2.81. The first-order chi connectivity index (χ1) is 12.1. The van der Waals surface area contributed by atoms with Crippen LogP contribution < -0.4 is 0 Å². The summed E-state index contributed by atoms with van der Waals surface area (Å²) in [4.78, 5) is 14.8. The van der Waals surface area contributed by atoms with Gasteiger partial charge >= 0.3 is 0 Å². The lowest BCUT2D eigenvalue weighted by Crippen LogP contribution is -2.32. The van der Waals surface area contributed by atoms with E-state index in [9.17, 15) is 4.79 Å². The topological polar surface area (TPSA) is 55.4 Å². The predicted octanol–water partition coefficient (Wildman–Crippen LogP) is 2.90. The molecule has 0 saturated carbocycles. The number of pyridine rings is 1. The number of aromatic nitrogens is 4. The number of rotatable bonds is 4. The highest BCUT2D eigenvalue weighted by molar-refractivity contribution is 5.77. The van der Waals surface area contributed by atoms with Gasteiger partial charge in [0.15, 0.2) is 11.5 Å². The highest BCUT2D eigenvalue weighted by Gasteiger charge is 2.32. The standard InChI is InChI=1S/C19H23N5O/c1-14-8-9-15(2)22(14)13-10-18(25)23-12-5-6-16(23)19-21-20-17-7-3-4-11-24(17)19/h3-4,7-9,11,16H,5-6,10,12-13H2,1-2H3/t16-/m0/s1. The van der Waals surface area contributed by atoms with Crippen LogP contribution in [0.25, 0.3) is 5.65 Å². The van der Waals surface area contributed by atoms with E-state index in [1.54, 1.807) is 0 Å². The summed E-state index contributed by atoms with van der Waals surface area (Å²) in [6, 6.07) is 10.1. The number of carbonyl (C=O) groups excluding carboxylic acids is 1. The smallest absolute Gasteiger partial charge is 0.224 e. The summed E-state index contributed by atoms with van der Waals surface area (Å²) >= 11 is 0. The maximum Gasteiger partial charge on any atom is 0.224 e. The Hall–Kier alpha value is -2.63. The quantitative estimate of drug-likeness (QED) is 0.735. The van der Waals surface area contributed by atoms with Crippen molar-refractivity contribution in [1.82, 2.24) is 24.1 Å². The largest absolute Gasteiger partial charge is 0.349 e. The van der Waals surface area contributed by atoms with Gasteiger partial charge in [-0.3, -0.25) is 9.20 Å². The van der Waals surface area contributed by atoms with Crippen molar-refractivity contribution in [3.8, 4) is 0 Å². The minimum atomic E-state index is 0.0248. The molecule has 4 rings (SSSR count). The van der Waals surface area contributed by atoms with Crippen LogP contribution in [0.3, 0.4) is 0 Å². The Kier molecular flexibility index (Phi) is 4.03. The molecular weight excluding hydrogens is 314 g/mol. The number of amides is 1. The van der Waals surface area contributed by atoms with E-state index in [1.807, 2.05) is 33.7 Å². The zero-order valence-corrected chi connectivity index (χ0v) is 14.7. The molecule has 6 heteroatoms. The second-order valence-corrected chi connectivity index (χ2v) is 6.75. The van der Waals surface area contributed by atoms with Gasteiger partial charge in [0, 0.05) is 37.1 Å². The van der Waals surface area contributed by atoms with Gasteiger partial charge in [-0.05, 0) is 51.0 Å². The molecule has 1 atom stereocenters. The van der Waals surface area contributed by atoms with Gasteiger partial charge in [-0.25, -0.2) is 0 Å². The minimum absolute atomic E-state index is 0.0248. The number of hydrogen-bond acceptors (Lipinski definition) is 3. The van der Waals surface area contributed by atoms with Crippen molar-refractivity contribution in [2.75, 3.05) is 6.54 Å². The zero-order chi connectivity index (χ0) is 17.4. The molecule has 1 aliphatic rings. The summed E-state index contributed by atoms with van der Waals surface area (Å²) in [5, 5.41) is 8.60. The molecule has 0 spiro atoms. The van der Waals surface area contributed by atoms with Crippen LogP contribution in [0.2, 0.25) is 0 Å². The van der Waals surface area contributed by atoms with Gasteiger partial charge in [0.05, 0.1) is 6.04 Å². The lowest BCUT2D eigenvalue weighted by Gasteiger charge is -2.24. The zero-order valence-electron chi connectivity index (χ0n) is 14.7. The lowest BCUT2D eigenvalue weighted by molar-refractivity contribution is -0.132. The maximum absolute atomic E-state index is 12.9. The van der Waals surface area contributed by atoms with Crippen molar-refractivity contribution in [2.45, 2.75) is 45.7 Å². The average molecular weight is 337 g/mol. The Morgan fingerprint density at radius 3 is 2.76 bits per heavy atom. The average Bonchev–Trinajstić information content (AvgIpc) is 3.32. The fourth-order valence-electron chi connectivity index (χ4n) is 3.82. The van der Waals surface area contributed by atoms with Crippen molar-refractivity contribution in [3.63, 3.8) is 0 Å². The fourth-order valence-corrected chi connectivity index (χ4v) is 3.82. The van der Waals surface area contributed by atoms with E-state index in [1.165, 1.54) is 11.4 Å². The molecule has 4 heterocycles. The van der Waals surface area contributed by atoms with Crippen LogP contribution >= 0.6 is 0 Å². The Labute approximate surface area is 147 Å². The molecule has 25 heavy (non-hydrogen) atoms. The number of carbonyl (C=O) groups is 1. The first-order valence-electron chi connectivity index (χ1n) is 8.87. The van der Waals surface area contributed by atoms with Crippen LogP contribution in [0.15, 0.2) is 36.5 Å². The Balaban J connectivity index is 1.52. The highest BCUT2D eigenvalue weighted by atomic mass is 16.2. The first kappa shape index (κ1) is 15.9. The maximum atomic E-state index is 12.9. The molecule has 0 aliphatic carbocycles. The summed E-state index contributed by atoms with van der Waals surface area (Å²) in [6.07, 6.45) is 4.45. The van der Waals surface area contributed by atoms with Gasteiger partial charge in [-0.1, -0.05) is 6.07 Å². The van der Waals surface area contributed by atoms with Crippen molar-refractivity contribution in [2.24, 2.45) is 0 Å². The fraction of sp³-hybridized carbons (Fsp3) is 0.421. The van der Waals surface area contributed by atoms with Gasteiger partial charge in [0.25, 0.3) is 0 Å². The van der Waals surface area contributed by atoms with Crippen molar-refractivity contribution in [1.29, 1.82) is 0 Å². The van der Waals surface area contributed by atoms with Gasteiger partial charge in [0.1, 0.15) is 0 Å². The molecular formula is C19H23N5O. The SMILES string of the molecule is Cc1ccc(C)n1CCC(=O)N1CCC[C@H]1c1nnc2ccccn12. The van der Waals surface area contributed by atoms with E-state index in [0.29, 0.717) is 6.42 Å². The second-order valence-electron chi connectivity index (χ2n) is 6.75. The van der Waals surface area contributed by atoms with Crippen LogP contribution in [-0.4, -0.2) is 36.5 Å². The molecule has 0 unspecified atom stereocenters. The molecule has 0 N–H and O–H groups in total. The summed E-state index contributed by atoms with van der Waals surface area (Å²) in [5.74, 6) is 1.07. The molecule has 3 aromatic rings. The normalized spacial score (nSPS) is 17.5. The highest BCUT2D eigenvalue weighted by Crippen LogP contribution is 2.31. The third-order valence-corrected chi connectivity index (χ3v) is 5.18. The lowest BCUT2D eigenvalue weighted by atomic mass is 10.2. The summed E-state index contributed by atoms with van der Waals surface area (Å²) < 4.78 is 4.20.